The molecule has 2 aromatic heterocycles. The fraction of sp³-hybridized carbons (Fsp3) is 0. The van der Waals surface area contributed by atoms with E-state index in [0.29, 0.717) is 0 Å². The van der Waals surface area contributed by atoms with Gasteiger partial charge < -0.3 is 0 Å². The van der Waals surface area contributed by atoms with Gasteiger partial charge in [0, 0.05) is 17.1 Å². The van der Waals surface area contributed by atoms with Crippen molar-refractivity contribution in [1.82, 2.24) is 9.97 Å². The van der Waals surface area contributed by atoms with Gasteiger partial charge in [-0.05, 0) is 30.3 Å². The van der Waals surface area contributed by atoms with Gasteiger partial charge in [-0.3, -0.25) is 10.1 Å². The smallest absolute Gasteiger partial charge is 0.259 e. The standard InChI is InChI=1S/C15H8F3N3OS/c16-9-2-3-11(17)10(5-9)12-7-23-15(20-12)21-14(22)8-1-4-13(18)19-6-8/h1-7H,(H,20,21,22). The maximum atomic E-state index is 13.7. The summed E-state index contributed by atoms with van der Waals surface area (Å²) in [5, 5.41) is 4.19. The number of nitrogens with zero attached hydrogens (tertiary/aromatic N) is 2. The van der Waals surface area contributed by atoms with E-state index in [9.17, 15) is 18.0 Å². The van der Waals surface area contributed by atoms with E-state index in [4.69, 9.17) is 0 Å². The number of hydrogen-bond acceptors (Lipinski definition) is 4. The maximum absolute atomic E-state index is 13.7. The monoisotopic (exact) mass is 335 g/mol. The molecule has 0 saturated carbocycles. The lowest BCUT2D eigenvalue weighted by Gasteiger charge is -2.01. The molecule has 2 heterocycles. The summed E-state index contributed by atoms with van der Waals surface area (Å²) in [6.07, 6.45) is 1.09. The van der Waals surface area contributed by atoms with Gasteiger partial charge in [-0.25, -0.2) is 18.7 Å². The summed E-state index contributed by atoms with van der Waals surface area (Å²) in [4.78, 5) is 19.4. The highest BCUT2D eigenvalue weighted by atomic mass is 32.1. The molecule has 0 spiro atoms. The summed E-state index contributed by atoms with van der Waals surface area (Å²) in [5.41, 5.74) is 0.366. The van der Waals surface area contributed by atoms with Crippen LogP contribution >= 0.6 is 11.3 Å². The molecule has 116 valence electrons. The average Bonchev–Trinajstić information content (AvgIpc) is 2.98. The van der Waals surface area contributed by atoms with Crippen molar-refractivity contribution in [3.8, 4) is 11.3 Å². The molecule has 1 N–H and O–H groups in total. The SMILES string of the molecule is O=C(Nc1nc(-c2cc(F)ccc2F)cs1)c1ccc(F)nc1. The molecule has 0 unspecified atom stereocenters. The highest BCUT2D eigenvalue weighted by molar-refractivity contribution is 7.14. The zero-order valence-corrected chi connectivity index (χ0v) is 12.2. The molecule has 0 fully saturated rings. The molecule has 0 saturated heterocycles. The number of anilines is 1. The van der Waals surface area contributed by atoms with E-state index >= 15 is 0 Å². The van der Waals surface area contributed by atoms with Crippen LogP contribution in [0.4, 0.5) is 18.3 Å². The molecule has 4 nitrogen and oxygen atoms in total. The third-order valence-corrected chi connectivity index (χ3v) is 3.68. The van der Waals surface area contributed by atoms with Crippen molar-refractivity contribution in [1.29, 1.82) is 0 Å². The van der Waals surface area contributed by atoms with Crippen LogP contribution in [0.5, 0.6) is 0 Å². The summed E-state index contributed by atoms with van der Waals surface area (Å²) < 4.78 is 39.6. The van der Waals surface area contributed by atoms with Crippen LogP contribution in [-0.2, 0) is 0 Å². The Morgan fingerprint density at radius 1 is 1.13 bits per heavy atom. The first-order valence-electron chi connectivity index (χ1n) is 6.37. The molecule has 0 atom stereocenters. The lowest BCUT2D eigenvalue weighted by atomic mass is 10.1. The lowest BCUT2D eigenvalue weighted by molar-refractivity contribution is 0.102. The highest BCUT2D eigenvalue weighted by Crippen LogP contribution is 2.27. The first-order valence-corrected chi connectivity index (χ1v) is 7.25. The topological polar surface area (TPSA) is 54.9 Å². The molecule has 8 heteroatoms. The van der Waals surface area contributed by atoms with Gasteiger partial charge in [-0.1, -0.05) is 0 Å². The Labute approximate surface area is 132 Å². The molecule has 0 aliphatic rings. The van der Waals surface area contributed by atoms with Gasteiger partial charge in [0.05, 0.1) is 11.3 Å². The predicted molar refractivity (Wildman–Crippen MR) is 79.6 cm³/mol. The van der Waals surface area contributed by atoms with Gasteiger partial charge in [0.15, 0.2) is 5.13 Å². The molecule has 23 heavy (non-hydrogen) atoms. The second-order valence-electron chi connectivity index (χ2n) is 4.49. The Bertz CT molecular complexity index is 865. The molecule has 0 aliphatic carbocycles. The number of benzene rings is 1. The van der Waals surface area contributed by atoms with Crippen LogP contribution in [0.3, 0.4) is 0 Å². The zero-order valence-electron chi connectivity index (χ0n) is 11.4. The van der Waals surface area contributed by atoms with Crippen LogP contribution in [0.15, 0.2) is 41.9 Å². The Kier molecular flexibility index (Phi) is 4.07. The average molecular weight is 335 g/mol. The number of hydrogen-bond donors (Lipinski definition) is 1. The van der Waals surface area contributed by atoms with Crippen LogP contribution in [0.1, 0.15) is 10.4 Å². The normalized spacial score (nSPS) is 10.6. The predicted octanol–water partition coefficient (Wildman–Crippen LogP) is 3.87. The molecule has 1 amide bonds. The van der Waals surface area contributed by atoms with E-state index in [2.05, 4.69) is 15.3 Å². The Morgan fingerprint density at radius 3 is 2.70 bits per heavy atom. The second-order valence-corrected chi connectivity index (χ2v) is 5.34. The van der Waals surface area contributed by atoms with E-state index in [-0.39, 0.29) is 22.0 Å². The van der Waals surface area contributed by atoms with Crippen molar-refractivity contribution >= 4 is 22.4 Å². The number of thiazole rings is 1. The number of carbonyl (C=O) groups excluding carboxylic acids is 1. The number of aromatic nitrogens is 2. The third-order valence-electron chi connectivity index (χ3n) is 2.92. The second kappa shape index (κ2) is 6.17. The molecular weight excluding hydrogens is 327 g/mol. The summed E-state index contributed by atoms with van der Waals surface area (Å²) in [7, 11) is 0. The lowest BCUT2D eigenvalue weighted by Crippen LogP contribution is -2.12. The van der Waals surface area contributed by atoms with Gasteiger partial charge in [0.25, 0.3) is 5.91 Å². The highest BCUT2D eigenvalue weighted by Gasteiger charge is 2.13. The molecule has 3 aromatic rings. The van der Waals surface area contributed by atoms with E-state index in [0.717, 1.165) is 41.8 Å². The fourth-order valence-electron chi connectivity index (χ4n) is 1.83. The van der Waals surface area contributed by atoms with Gasteiger partial charge in [0.2, 0.25) is 5.95 Å². The minimum atomic E-state index is -0.695. The number of rotatable bonds is 3. The quantitative estimate of drug-likeness (QED) is 0.739. The van der Waals surface area contributed by atoms with Gasteiger partial charge in [0.1, 0.15) is 11.6 Å². The van der Waals surface area contributed by atoms with Crippen molar-refractivity contribution in [2.24, 2.45) is 0 Å². The summed E-state index contributed by atoms with van der Waals surface area (Å²) in [6.45, 7) is 0. The van der Waals surface area contributed by atoms with Crippen LogP contribution < -0.4 is 5.32 Å². The summed E-state index contributed by atoms with van der Waals surface area (Å²) in [5.74, 6) is -2.42. The number of nitrogens with one attached hydrogen (secondary N) is 1. The number of halogens is 3. The Balaban J connectivity index is 1.81. The maximum Gasteiger partial charge on any atom is 0.259 e. The van der Waals surface area contributed by atoms with Gasteiger partial charge in [-0.2, -0.15) is 4.39 Å². The Morgan fingerprint density at radius 2 is 1.96 bits per heavy atom. The van der Waals surface area contributed by atoms with Crippen molar-refractivity contribution in [3.63, 3.8) is 0 Å². The van der Waals surface area contributed by atoms with Crippen LogP contribution in [0, 0.1) is 17.6 Å². The minimum absolute atomic E-state index is 0.00481. The molecule has 0 bridgehead atoms. The van der Waals surface area contributed by atoms with E-state index in [1.807, 2.05) is 0 Å². The van der Waals surface area contributed by atoms with E-state index in [1.54, 1.807) is 0 Å². The van der Waals surface area contributed by atoms with Crippen molar-refractivity contribution in [3.05, 3.63) is 65.1 Å². The van der Waals surface area contributed by atoms with Gasteiger partial charge >= 0.3 is 0 Å². The minimum Gasteiger partial charge on any atom is -0.298 e. The van der Waals surface area contributed by atoms with E-state index < -0.39 is 23.5 Å². The van der Waals surface area contributed by atoms with Gasteiger partial charge in [-0.15, -0.1) is 11.3 Å². The van der Waals surface area contributed by atoms with E-state index in [1.165, 1.54) is 11.4 Å². The molecular formula is C15H8F3N3OS. The Hall–Kier alpha value is -2.74. The first-order chi connectivity index (χ1) is 11.0. The first kappa shape index (κ1) is 15.2. The molecule has 0 radical (unpaired) electrons. The van der Waals surface area contributed by atoms with Crippen LogP contribution in [-0.4, -0.2) is 15.9 Å². The number of amides is 1. The third kappa shape index (κ3) is 3.37. The molecule has 1 aromatic carbocycles. The summed E-state index contributed by atoms with van der Waals surface area (Å²) in [6, 6.07) is 5.38. The van der Waals surface area contributed by atoms with Crippen molar-refractivity contribution in [2.45, 2.75) is 0 Å². The summed E-state index contributed by atoms with van der Waals surface area (Å²) >= 11 is 1.06. The fourth-order valence-corrected chi connectivity index (χ4v) is 2.53. The number of carbonyl (C=O) groups is 1. The molecule has 3 rings (SSSR count). The van der Waals surface area contributed by atoms with Crippen LogP contribution in [0.25, 0.3) is 11.3 Å². The number of pyridine rings is 1. The van der Waals surface area contributed by atoms with Crippen molar-refractivity contribution < 1.29 is 18.0 Å². The largest absolute Gasteiger partial charge is 0.298 e. The van der Waals surface area contributed by atoms with Crippen LogP contribution in [0.2, 0.25) is 0 Å². The zero-order chi connectivity index (χ0) is 16.4. The van der Waals surface area contributed by atoms with Crippen molar-refractivity contribution in [2.75, 3.05) is 5.32 Å². The molecule has 0 aliphatic heterocycles.